The van der Waals surface area contributed by atoms with Gasteiger partial charge >= 0.3 is 0 Å². The predicted octanol–water partition coefficient (Wildman–Crippen LogP) is 3.76. The molecule has 1 saturated carbocycles. The number of carbonyl (C=O) groups excluding carboxylic acids is 3. The van der Waals surface area contributed by atoms with Crippen LogP contribution >= 0.6 is 0 Å². The van der Waals surface area contributed by atoms with Crippen molar-refractivity contribution in [3.05, 3.63) is 59.7 Å². The Morgan fingerprint density at radius 1 is 1.00 bits per heavy atom. The smallest absolute Gasteiger partial charge is 0.254 e. The Morgan fingerprint density at radius 3 is 2.38 bits per heavy atom. The SMILES string of the molecule is COCCCOc1cc(C(=O)N(C[C@@H]2CNC[C@H]2CNC2(C(=O)CC(NC(C)=O)c3ccccc3)CC2)C(C)C)ccc1OC. The third-order valence-electron chi connectivity index (χ3n) is 8.91. The molecule has 4 rings (SSSR count). The zero-order chi connectivity index (χ0) is 32.4. The number of nitrogens with zero attached hydrogens (tertiary/aromatic N) is 1. The van der Waals surface area contributed by atoms with Gasteiger partial charge in [0.1, 0.15) is 0 Å². The van der Waals surface area contributed by atoms with E-state index >= 15 is 0 Å². The van der Waals surface area contributed by atoms with E-state index in [2.05, 4.69) is 16.0 Å². The minimum Gasteiger partial charge on any atom is -0.493 e. The van der Waals surface area contributed by atoms with Gasteiger partial charge in [-0.25, -0.2) is 0 Å². The van der Waals surface area contributed by atoms with Gasteiger partial charge in [0.2, 0.25) is 5.91 Å². The van der Waals surface area contributed by atoms with Gasteiger partial charge < -0.3 is 35.1 Å². The molecule has 2 aromatic carbocycles. The molecule has 0 radical (unpaired) electrons. The minimum atomic E-state index is -0.547. The maximum absolute atomic E-state index is 13.8. The van der Waals surface area contributed by atoms with Gasteiger partial charge in [0, 0.05) is 64.7 Å². The van der Waals surface area contributed by atoms with E-state index in [1.165, 1.54) is 6.92 Å². The summed E-state index contributed by atoms with van der Waals surface area (Å²) in [5.74, 6) is 1.55. The van der Waals surface area contributed by atoms with E-state index in [0.29, 0.717) is 43.4 Å². The molecule has 0 bridgehead atoms. The second-order valence-corrected chi connectivity index (χ2v) is 12.5. The Morgan fingerprint density at radius 2 is 1.73 bits per heavy atom. The van der Waals surface area contributed by atoms with Gasteiger partial charge in [-0.05, 0) is 68.8 Å². The van der Waals surface area contributed by atoms with Crippen LogP contribution in [0, 0.1) is 11.8 Å². The van der Waals surface area contributed by atoms with Gasteiger partial charge in [0.25, 0.3) is 5.91 Å². The van der Waals surface area contributed by atoms with Crippen LogP contribution in [0.2, 0.25) is 0 Å². The molecular formula is C35H50N4O6. The largest absolute Gasteiger partial charge is 0.493 e. The number of methoxy groups -OCH3 is 2. The predicted molar refractivity (Wildman–Crippen MR) is 174 cm³/mol. The molecule has 2 fully saturated rings. The normalized spacial score (nSPS) is 19.2. The summed E-state index contributed by atoms with van der Waals surface area (Å²) in [6, 6.07) is 14.6. The Bertz CT molecular complexity index is 1280. The zero-order valence-electron chi connectivity index (χ0n) is 27.4. The number of rotatable bonds is 18. The standard InChI is InChI=1S/C35H50N4O6/c1-24(2)39(34(42)27-12-13-31(44-5)32(18-27)45-17-9-16-43-4)23-29-21-36-20-28(29)22-37-35(14-15-35)33(41)19-30(38-25(3)40)26-10-7-6-8-11-26/h6-8,10-13,18,24,28-30,36-37H,9,14-17,19-23H2,1-5H3,(H,38,40)/t28-,29-,30?/m0/s1. The monoisotopic (exact) mass is 622 g/mol. The van der Waals surface area contributed by atoms with Crippen LogP contribution in [0.25, 0.3) is 0 Å². The van der Waals surface area contributed by atoms with Crippen LogP contribution in [0.4, 0.5) is 0 Å². The van der Waals surface area contributed by atoms with Crippen molar-refractivity contribution in [1.82, 2.24) is 20.9 Å². The van der Waals surface area contributed by atoms with Gasteiger partial charge in [0.15, 0.2) is 17.3 Å². The lowest BCUT2D eigenvalue weighted by Crippen LogP contribution is -2.46. The molecule has 10 heteroatoms. The Hall–Kier alpha value is -3.47. The molecule has 1 aliphatic carbocycles. The van der Waals surface area contributed by atoms with Crippen molar-refractivity contribution in [1.29, 1.82) is 0 Å². The van der Waals surface area contributed by atoms with Gasteiger partial charge in [-0.2, -0.15) is 0 Å². The summed E-state index contributed by atoms with van der Waals surface area (Å²) in [6.45, 7) is 9.52. The van der Waals surface area contributed by atoms with E-state index in [4.69, 9.17) is 14.2 Å². The number of amides is 2. The number of carbonyl (C=O) groups is 3. The Kier molecular flexibility index (Phi) is 12.4. The van der Waals surface area contributed by atoms with Crippen LogP contribution in [0.3, 0.4) is 0 Å². The molecule has 2 aliphatic rings. The van der Waals surface area contributed by atoms with Crippen LogP contribution in [0.15, 0.2) is 48.5 Å². The van der Waals surface area contributed by atoms with Crippen molar-refractivity contribution in [2.75, 3.05) is 53.6 Å². The maximum Gasteiger partial charge on any atom is 0.254 e. The van der Waals surface area contributed by atoms with E-state index in [1.54, 1.807) is 32.4 Å². The first-order valence-corrected chi connectivity index (χ1v) is 16.1. The summed E-state index contributed by atoms with van der Waals surface area (Å²) in [5.41, 5.74) is 0.938. The Balaban J connectivity index is 1.38. The van der Waals surface area contributed by atoms with Gasteiger partial charge in [-0.1, -0.05) is 30.3 Å². The lowest BCUT2D eigenvalue weighted by molar-refractivity contribution is -0.123. The molecule has 0 spiro atoms. The fourth-order valence-electron chi connectivity index (χ4n) is 6.06. The van der Waals surface area contributed by atoms with E-state index in [9.17, 15) is 14.4 Å². The summed E-state index contributed by atoms with van der Waals surface area (Å²) in [7, 11) is 3.24. The van der Waals surface area contributed by atoms with Crippen molar-refractivity contribution in [2.45, 2.75) is 64.1 Å². The van der Waals surface area contributed by atoms with E-state index in [0.717, 1.165) is 37.9 Å². The average molecular weight is 623 g/mol. The molecule has 2 amide bonds. The molecule has 1 heterocycles. The van der Waals surface area contributed by atoms with Crippen LogP contribution in [-0.2, 0) is 14.3 Å². The topological polar surface area (TPSA) is 118 Å². The fraction of sp³-hybridized carbons (Fsp3) is 0.571. The van der Waals surface area contributed by atoms with Crippen molar-refractivity contribution < 1.29 is 28.6 Å². The van der Waals surface area contributed by atoms with Crippen molar-refractivity contribution in [3.63, 3.8) is 0 Å². The number of ketones is 1. The van der Waals surface area contributed by atoms with E-state index in [-0.39, 0.29) is 47.9 Å². The molecule has 1 aliphatic heterocycles. The summed E-state index contributed by atoms with van der Waals surface area (Å²) in [6.07, 6.45) is 2.57. The highest BCUT2D eigenvalue weighted by Crippen LogP contribution is 2.39. The highest BCUT2D eigenvalue weighted by molar-refractivity contribution is 5.95. The van der Waals surface area contributed by atoms with Crippen LogP contribution in [-0.4, -0.2) is 87.7 Å². The number of hydrogen-bond donors (Lipinski definition) is 3. The lowest BCUT2D eigenvalue weighted by atomic mass is 9.93. The summed E-state index contributed by atoms with van der Waals surface area (Å²) in [5, 5.41) is 10.1. The van der Waals surface area contributed by atoms with Crippen molar-refractivity contribution in [3.8, 4) is 11.5 Å². The molecule has 10 nitrogen and oxygen atoms in total. The second-order valence-electron chi connectivity index (χ2n) is 12.5. The molecule has 0 aromatic heterocycles. The third kappa shape index (κ3) is 9.28. The van der Waals surface area contributed by atoms with Crippen LogP contribution < -0.4 is 25.4 Å². The highest BCUT2D eigenvalue weighted by Gasteiger charge is 2.50. The molecule has 2 aromatic rings. The molecule has 246 valence electrons. The minimum absolute atomic E-state index is 0.0000645. The summed E-state index contributed by atoms with van der Waals surface area (Å²) >= 11 is 0. The van der Waals surface area contributed by atoms with Crippen LogP contribution in [0.5, 0.6) is 11.5 Å². The first-order chi connectivity index (χ1) is 21.7. The summed E-state index contributed by atoms with van der Waals surface area (Å²) < 4.78 is 16.5. The molecule has 3 N–H and O–H groups in total. The second kappa shape index (κ2) is 16.2. The lowest BCUT2D eigenvalue weighted by Gasteiger charge is -2.32. The molecule has 45 heavy (non-hydrogen) atoms. The maximum atomic E-state index is 13.8. The van der Waals surface area contributed by atoms with Gasteiger partial charge in [0.05, 0.1) is 25.3 Å². The number of benzene rings is 2. The van der Waals surface area contributed by atoms with Crippen LogP contribution in [0.1, 0.15) is 68.4 Å². The van der Waals surface area contributed by atoms with E-state index in [1.807, 2.05) is 49.1 Å². The summed E-state index contributed by atoms with van der Waals surface area (Å²) in [4.78, 5) is 41.2. The molecule has 3 atom stereocenters. The first kappa shape index (κ1) is 34.4. The molecule has 1 unspecified atom stereocenters. The fourth-order valence-corrected chi connectivity index (χ4v) is 6.06. The zero-order valence-corrected chi connectivity index (χ0v) is 27.4. The number of nitrogens with one attached hydrogen (secondary N) is 3. The van der Waals surface area contributed by atoms with Crippen molar-refractivity contribution >= 4 is 17.6 Å². The first-order valence-electron chi connectivity index (χ1n) is 16.1. The highest BCUT2D eigenvalue weighted by atomic mass is 16.5. The number of hydrogen-bond acceptors (Lipinski definition) is 8. The van der Waals surface area contributed by atoms with Gasteiger partial charge in [-0.3, -0.25) is 14.4 Å². The quantitative estimate of drug-likeness (QED) is 0.215. The van der Waals surface area contributed by atoms with Gasteiger partial charge in [-0.15, -0.1) is 0 Å². The average Bonchev–Trinajstić information content (AvgIpc) is 3.70. The number of ether oxygens (including phenoxy) is 3. The molecule has 1 saturated heterocycles. The molecular weight excluding hydrogens is 572 g/mol. The van der Waals surface area contributed by atoms with E-state index < -0.39 is 5.54 Å². The van der Waals surface area contributed by atoms with Crippen molar-refractivity contribution in [2.24, 2.45) is 11.8 Å². The Labute approximate surface area is 267 Å². The number of Topliss-reactive ketones (excluding diaryl/α,β-unsaturated/α-hetero) is 1. The third-order valence-corrected chi connectivity index (χ3v) is 8.91.